The lowest BCUT2D eigenvalue weighted by molar-refractivity contribution is 0.190. The third-order valence-electron chi connectivity index (χ3n) is 0.982. The van der Waals surface area contributed by atoms with Crippen LogP contribution in [0.2, 0.25) is 0 Å². The molecule has 0 aliphatic heterocycles. The van der Waals surface area contributed by atoms with Gasteiger partial charge < -0.3 is 10.4 Å². The summed E-state index contributed by atoms with van der Waals surface area (Å²) < 4.78 is 0. The van der Waals surface area contributed by atoms with Crippen LogP contribution in [-0.4, -0.2) is 17.2 Å². The third kappa shape index (κ3) is 3.46. The highest BCUT2D eigenvalue weighted by atomic mass is 16.4. The summed E-state index contributed by atoms with van der Waals surface area (Å²) in [6.07, 6.45) is -0.105. The molecule has 0 aliphatic rings. The highest BCUT2D eigenvalue weighted by molar-refractivity contribution is 5.64. The van der Waals surface area contributed by atoms with E-state index in [0.717, 1.165) is 6.42 Å². The first-order valence-electron chi connectivity index (χ1n) is 2.66. The topological polar surface area (TPSA) is 49.3 Å². The van der Waals surface area contributed by atoms with Gasteiger partial charge in [-0.05, 0) is 13.3 Å². The molecule has 0 bridgehead atoms. The molecule has 0 fully saturated rings. The molecule has 0 saturated carbocycles. The largest absolute Gasteiger partial charge is 0.465 e. The Labute approximate surface area is 48.7 Å². The van der Waals surface area contributed by atoms with Crippen molar-refractivity contribution < 1.29 is 9.90 Å². The van der Waals surface area contributed by atoms with E-state index < -0.39 is 6.09 Å². The average molecular weight is 117 g/mol. The van der Waals surface area contributed by atoms with Crippen molar-refractivity contribution in [2.24, 2.45) is 0 Å². The Morgan fingerprint density at radius 1 is 1.88 bits per heavy atom. The molecule has 0 aliphatic carbocycles. The first-order valence-corrected chi connectivity index (χ1v) is 2.66. The summed E-state index contributed by atoms with van der Waals surface area (Å²) in [5, 5.41) is 10.4. The van der Waals surface area contributed by atoms with Crippen molar-refractivity contribution in [1.29, 1.82) is 0 Å². The van der Waals surface area contributed by atoms with Crippen LogP contribution in [0.3, 0.4) is 0 Å². The second-order valence-corrected chi connectivity index (χ2v) is 1.76. The van der Waals surface area contributed by atoms with Gasteiger partial charge in [-0.3, -0.25) is 0 Å². The number of rotatable bonds is 2. The van der Waals surface area contributed by atoms with Crippen LogP contribution in [0, 0.1) is 0 Å². The lowest BCUT2D eigenvalue weighted by Crippen LogP contribution is -2.30. The van der Waals surface area contributed by atoms with E-state index >= 15 is 0 Å². The van der Waals surface area contributed by atoms with E-state index in [1.807, 2.05) is 13.8 Å². The molecule has 1 atom stereocenters. The van der Waals surface area contributed by atoms with Crippen LogP contribution in [0.5, 0.6) is 0 Å². The summed E-state index contributed by atoms with van der Waals surface area (Å²) in [5.74, 6) is 0. The molecule has 0 aromatic rings. The predicted molar refractivity (Wildman–Crippen MR) is 30.9 cm³/mol. The van der Waals surface area contributed by atoms with Crippen LogP contribution in [0.1, 0.15) is 20.3 Å². The molecular weight excluding hydrogens is 106 g/mol. The molecule has 1 unspecified atom stereocenters. The van der Waals surface area contributed by atoms with Crippen molar-refractivity contribution in [2.45, 2.75) is 26.3 Å². The Bertz CT molecular complexity index is 82.5. The molecule has 0 rings (SSSR count). The van der Waals surface area contributed by atoms with Crippen LogP contribution in [0.25, 0.3) is 0 Å². The summed E-state index contributed by atoms with van der Waals surface area (Å²) >= 11 is 0. The van der Waals surface area contributed by atoms with Gasteiger partial charge in [-0.2, -0.15) is 0 Å². The molecule has 8 heavy (non-hydrogen) atoms. The minimum Gasteiger partial charge on any atom is -0.465 e. The Kier molecular flexibility index (Phi) is 2.99. The van der Waals surface area contributed by atoms with E-state index in [0.29, 0.717) is 0 Å². The predicted octanol–water partition coefficient (Wildman–Crippen LogP) is 1.05. The van der Waals surface area contributed by atoms with E-state index in [1.165, 1.54) is 0 Å². The van der Waals surface area contributed by atoms with Crippen molar-refractivity contribution in [2.75, 3.05) is 0 Å². The monoisotopic (exact) mass is 117 g/mol. The molecule has 0 spiro atoms. The fraction of sp³-hybridized carbons (Fsp3) is 0.800. The second kappa shape index (κ2) is 3.29. The highest BCUT2D eigenvalue weighted by Gasteiger charge is 1.99. The van der Waals surface area contributed by atoms with Crippen LogP contribution in [0.15, 0.2) is 0 Å². The first kappa shape index (κ1) is 7.27. The van der Waals surface area contributed by atoms with Crippen LogP contribution in [-0.2, 0) is 0 Å². The third-order valence-corrected chi connectivity index (χ3v) is 0.982. The Hall–Kier alpha value is -0.730. The summed E-state index contributed by atoms with van der Waals surface area (Å²) in [6, 6.07) is 0.0764. The van der Waals surface area contributed by atoms with Gasteiger partial charge in [0.25, 0.3) is 0 Å². The van der Waals surface area contributed by atoms with Gasteiger partial charge in [0.05, 0.1) is 0 Å². The van der Waals surface area contributed by atoms with Crippen LogP contribution < -0.4 is 5.32 Å². The molecule has 0 radical (unpaired) electrons. The zero-order chi connectivity index (χ0) is 6.57. The van der Waals surface area contributed by atoms with Crippen molar-refractivity contribution >= 4 is 6.09 Å². The second-order valence-electron chi connectivity index (χ2n) is 1.76. The fourth-order valence-electron chi connectivity index (χ4n) is 0.313. The Morgan fingerprint density at radius 3 is 2.50 bits per heavy atom. The van der Waals surface area contributed by atoms with E-state index in [4.69, 9.17) is 5.11 Å². The maximum absolute atomic E-state index is 9.86. The molecule has 0 heterocycles. The quantitative estimate of drug-likeness (QED) is 0.568. The minimum absolute atomic E-state index is 0.0764. The van der Waals surface area contributed by atoms with Gasteiger partial charge >= 0.3 is 6.09 Å². The molecular formula is C5H11NO2. The number of carboxylic acid groups (broad SMARTS) is 1. The lowest BCUT2D eigenvalue weighted by Gasteiger charge is -2.05. The van der Waals surface area contributed by atoms with Crippen molar-refractivity contribution in [3.05, 3.63) is 0 Å². The van der Waals surface area contributed by atoms with E-state index in [1.54, 1.807) is 0 Å². The fourth-order valence-corrected chi connectivity index (χ4v) is 0.313. The first-order chi connectivity index (χ1) is 3.66. The standard InChI is InChI=1S/C5H11NO2/c1-3-4(2)6-5(7)8/h4,6H,3H2,1-2H3,(H,7,8). The average Bonchev–Trinajstić information content (AvgIpc) is 1.65. The molecule has 0 aromatic carbocycles. The number of carbonyl (C=O) groups is 1. The van der Waals surface area contributed by atoms with Gasteiger partial charge in [-0.25, -0.2) is 4.79 Å². The summed E-state index contributed by atoms with van der Waals surface area (Å²) in [6.45, 7) is 3.76. The Balaban J connectivity index is 3.24. The number of amides is 1. The SMILES string of the molecule is CCC(C)NC(=O)O. The number of nitrogens with one attached hydrogen (secondary N) is 1. The molecule has 0 aromatic heterocycles. The maximum atomic E-state index is 9.86. The summed E-state index contributed by atoms with van der Waals surface area (Å²) in [4.78, 5) is 9.86. The zero-order valence-electron chi connectivity index (χ0n) is 5.14. The molecule has 0 saturated heterocycles. The summed E-state index contributed by atoms with van der Waals surface area (Å²) in [5.41, 5.74) is 0. The van der Waals surface area contributed by atoms with Crippen molar-refractivity contribution in [3.8, 4) is 0 Å². The van der Waals surface area contributed by atoms with Gasteiger partial charge in [-0.15, -0.1) is 0 Å². The van der Waals surface area contributed by atoms with E-state index in [2.05, 4.69) is 5.32 Å². The Morgan fingerprint density at radius 2 is 2.38 bits per heavy atom. The molecule has 48 valence electrons. The van der Waals surface area contributed by atoms with E-state index in [-0.39, 0.29) is 6.04 Å². The van der Waals surface area contributed by atoms with Crippen molar-refractivity contribution in [3.63, 3.8) is 0 Å². The smallest absolute Gasteiger partial charge is 0.404 e. The lowest BCUT2D eigenvalue weighted by atomic mass is 10.3. The maximum Gasteiger partial charge on any atom is 0.404 e. The van der Waals surface area contributed by atoms with Crippen LogP contribution >= 0.6 is 0 Å². The zero-order valence-corrected chi connectivity index (χ0v) is 5.14. The molecule has 3 heteroatoms. The van der Waals surface area contributed by atoms with Gasteiger partial charge in [0.2, 0.25) is 0 Å². The van der Waals surface area contributed by atoms with E-state index in [9.17, 15) is 4.79 Å². The normalized spacial score (nSPS) is 12.8. The number of hydrogen-bond donors (Lipinski definition) is 2. The van der Waals surface area contributed by atoms with Crippen molar-refractivity contribution in [1.82, 2.24) is 5.32 Å². The highest BCUT2D eigenvalue weighted by Crippen LogP contribution is 1.85. The summed E-state index contributed by atoms with van der Waals surface area (Å²) in [7, 11) is 0. The minimum atomic E-state index is -0.945. The van der Waals surface area contributed by atoms with Gasteiger partial charge in [0, 0.05) is 6.04 Å². The molecule has 3 nitrogen and oxygen atoms in total. The molecule has 2 N–H and O–H groups in total. The van der Waals surface area contributed by atoms with Gasteiger partial charge in [0.15, 0.2) is 0 Å². The van der Waals surface area contributed by atoms with Gasteiger partial charge in [0.1, 0.15) is 0 Å². The molecule has 1 amide bonds. The van der Waals surface area contributed by atoms with Crippen LogP contribution in [0.4, 0.5) is 4.79 Å². The van der Waals surface area contributed by atoms with Gasteiger partial charge in [-0.1, -0.05) is 6.92 Å². The number of hydrogen-bond acceptors (Lipinski definition) is 1.